The lowest BCUT2D eigenvalue weighted by atomic mass is 9.85. The molecule has 3 rings (SSSR count). The van der Waals surface area contributed by atoms with Crippen molar-refractivity contribution < 1.29 is 29.6 Å². The van der Waals surface area contributed by atoms with Crippen molar-refractivity contribution in [3.05, 3.63) is 20.7 Å². The maximum Gasteiger partial charge on any atom is 0.353 e. The lowest BCUT2D eigenvalue weighted by Crippen LogP contribution is -2.37. The van der Waals surface area contributed by atoms with Gasteiger partial charge in [0, 0.05) is 0 Å². The molecular weight excluding hydrogens is 454 g/mol. The Labute approximate surface area is 171 Å². The molecule has 12 nitrogen and oxygen atoms in total. The number of aromatic nitrogens is 3. The molecule has 158 valence electrons. The molecule has 0 saturated carbocycles. The van der Waals surface area contributed by atoms with Gasteiger partial charge in [-0.1, -0.05) is 0 Å². The van der Waals surface area contributed by atoms with Crippen molar-refractivity contribution in [3.8, 4) is 0 Å². The number of aromatic amines is 1. The minimum Gasteiger partial charge on any atom is -0.481 e. The van der Waals surface area contributed by atoms with Crippen LogP contribution in [0.3, 0.4) is 0 Å². The van der Waals surface area contributed by atoms with Crippen molar-refractivity contribution in [1.82, 2.24) is 14.5 Å². The number of aliphatic hydroxyl groups excluding tert-OH is 2. The van der Waals surface area contributed by atoms with Crippen LogP contribution in [0.15, 0.2) is 9.40 Å². The van der Waals surface area contributed by atoms with E-state index in [1.165, 1.54) is 13.8 Å². The second-order valence-electron chi connectivity index (χ2n) is 7.49. The van der Waals surface area contributed by atoms with Gasteiger partial charge >= 0.3 is 11.7 Å². The quantitative estimate of drug-likeness (QED) is 0.323. The number of carbonyl (C=O) groups is 2. The van der Waals surface area contributed by atoms with E-state index in [9.17, 15) is 29.7 Å². The van der Waals surface area contributed by atoms with Gasteiger partial charge < -0.3 is 36.5 Å². The number of primary amides is 1. The van der Waals surface area contributed by atoms with Crippen LogP contribution in [0.25, 0.3) is 11.0 Å². The number of nitrogen functional groups attached to an aromatic ring is 1. The van der Waals surface area contributed by atoms with Crippen molar-refractivity contribution in [2.45, 2.75) is 44.8 Å². The summed E-state index contributed by atoms with van der Waals surface area (Å²) < 4.78 is 6.71. The molecular formula is C16H20BrN5O7. The topological polar surface area (TPSA) is 207 Å². The zero-order chi connectivity index (χ0) is 21.8. The molecule has 0 aliphatic carbocycles. The number of nitrogens with zero attached hydrogens (tertiary/aromatic N) is 2. The van der Waals surface area contributed by atoms with Gasteiger partial charge in [0.05, 0.1) is 27.1 Å². The number of nitrogens with one attached hydrogen (secondary N) is 1. The van der Waals surface area contributed by atoms with Crippen molar-refractivity contribution in [2.24, 2.45) is 11.1 Å². The second-order valence-corrected chi connectivity index (χ2v) is 8.28. The minimum atomic E-state index is -1.57. The van der Waals surface area contributed by atoms with Crippen molar-refractivity contribution in [2.75, 3.05) is 5.73 Å². The first-order valence-corrected chi connectivity index (χ1v) is 9.30. The van der Waals surface area contributed by atoms with Crippen LogP contribution in [0.4, 0.5) is 5.82 Å². The third-order valence-electron chi connectivity index (χ3n) is 4.98. The molecule has 1 aliphatic rings. The van der Waals surface area contributed by atoms with E-state index in [1.54, 1.807) is 0 Å². The van der Waals surface area contributed by atoms with Crippen molar-refractivity contribution in [1.29, 1.82) is 0 Å². The van der Waals surface area contributed by atoms with Crippen molar-refractivity contribution in [3.63, 3.8) is 0 Å². The first kappa shape index (κ1) is 21.2. The van der Waals surface area contributed by atoms with E-state index < -0.39 is 47.5 Å². The Morgan fingerprint density at radius 2 is 1.97 bits per heavy atom. The van der Waals surface area contributed by atoms with E-state index in [0.717, 1.165) is 4.57 Å². The number of hydrogen-bond donors (Lipinski definition) is 6. The fraction of sp³-hybridized carbons (Fsp3) is 0.500. The van der Waals surface area contributed by atoms with Gasteiger partial charge in [-0.25, -0.2) is 9.36 Å². The van der Waals surface area contributed by atoms with E-state index in [4.69, 9.17) is 16.2 Å². The number of fused-ring (bicyclic) bond motifs is 1. The van der Waals surface area contributed by atoms with E-state index in [1.807, 2.05) is 0 Å². The fourth-order valence-electron chi connectivity index (χ4n) is 3.36. The number of nitrogens with two attached hydrogens (primary N) is 2. The summed E-state index contributed by atoms with van der Waals surface area (Å²) in [6, 6.07) is 0. The van der Waals surface area contributed by atoms with Gasteiger partial charge in [-0.05, 0) is 36.2 Å². The molecule has 0 aromatic carbocycles. The molecule has 8 N–H and O–H groups in total. The molecule has 1 saturated heterocycles. The van der Waals surface area contributed by atoms with Gasteiger partial charge in [-0.2, -0.15) is 4.98 Å². The summed E-state index contributed by atoms with van der Waals surface area (Å²) >= 11 is 3.13. The number of aliphatic carboxylic acids is 1. The average molecular weight is 474 g/mol. The molecule has 2 aromatic heterocycles. The van der Waals surface area contributed by atoms with Crippen LogP contribution in [0.1, 0.15) is 36.9 Å². The van der Waals surface area contributed by atoms with Gasteiger partial charge in [0.1, 0.15) is 23.7 Å². The zero-order valence-electron chi connectivity index (χ0n) is 15.4. The number of carbonyl (C=O) groups excluding carboxylic acids is 1. The number of hydrogen-bond acceptors (Lipinski definition) is 8. The Hall–Kier alpha value is -2.48. The lowest BCUT2D eigenvalue weighted by molar-refractivity contribution is -0.150. The number of H-pyrrole nitrogens is 1. The Morgan fingerprint density at radius 1 is 1.34 bits per heavy atom. The molecule has 2 aromatic rings. The van der Waals surface area contributed by atoms with Crippen LogP contribution in [-0.4, -0.2) is 60.0 Å². The van der Waals surface area contributed by atoms with Gasteiger partial charge in [0.25, 0.3) is 5.91 Å². The number of halogens is 1. The number of carboxylic acid groups (broad SMARTS) is 1. The molecule has 0 bridgehead atoms. The Balaban J connectivity index is 2.12. The summed E-state index contributed by atoms with van der Waals surface area (Å²) in [7, 11) is 0. The van der Waals surface area contributed by atoms with Crippen LogP contribution >= 0.6 is 15.9 Å². The predicted octanol–water partition coefficient (Wildman–Crippen LogP) is -0.712. The Morgan fingerprint density at radius 3 is 2.52 bits per heavy atom. The standard InChI is InChI=1S/C16H20BrN5O7/c1-16(2,14(26)27)3-4-7(23)8(24)13(29-4)22-12-6(10(18)21-15(22)28)5(11(19)25)9(17)20-12/h4,7-8,13,20,23-24H,3H2,1-2H3,(H2,19,25)(H,26,27)(H2,18,21,28)/t4-,7-,8+,13-/m0/s1. The molecule has 0 unspecified atom stereocenters. The largest absolute Gasteiger partial charge is 0.481 e. The highest BCUT2D eigenvalue weighted by atomic mass is 79.9. The highest BCUT2D eigenvalue weighted by Crippen LogP contribution is 2.38. The molecule has 0 spiro atoms. The summed E-state index contributed by atoms with van der Waals surface area (Å²) in [5.41, 5.74) is 8.95. The van der Waals surface area contributed by atoms with E-state index >= 15 is 0 Å². The highest BCUT2D eigenvalue weighted by molar-refractivity contribution is 9.10. The van der Waals surface area contributed by atoms with E-state index in [2.05, 4.69) is 25.9 Å². The third kappa shape index (κ3) is 3.39. The number of carboxylic acids is 1. The van der Waals surface area contributed by atoms with E-state index in [0.29, 0.717) is 0 Å². The zero-order valence-corrected chi connectivity index (χ0v) is 17.0. The molecule has 1 fully saturated rings. The van der Waals surface area contributed by atoms with Gasteiger partial charge in [-0.3, -0.25) is 9.59 Å². The molecule has 0 radical (unpaired) electrons. The van der Waals surface area contributed by atoms with Crippen molar-refractivity contribution >= 4 is 44.7 Å². The monoisotopic (exact) mass is 473 g/mol. The first-order chi connectivity index (χ1) is 13.4. The van der Waals surface area contributed by atoms with Crippen LogP contribution < -0.4 is 17.2 Å². The second kappa shape index (κ2) is 7.09. The number of ether oxygens (including phenoxy) is 1. The summed E-state index contributed by atoms with van der Waals surface area (Å²) in [4.78, 5) is 42.1. The normalized spacial score (nSPS) is 24.9. The van der Waals surface area contributed by atoms with E-state index in [-0.39, 0.29) is 33.4 Å². The number of anilines is 1. The highest BCUT2D eigenvalue weighted by Gasteiger charge is 2.48. The summed E-state index contributed by atoms with van der Waals surface area (Å²) in [5, 5.41) is 30.2. The Kier molecular flexibility index (Phi) is 5.19. The third-order valence-corrected chi connectivity index (χ3v) is 5.58. The van der Waals surface area contributed by atoms with Crippen LogP contribution in [-0.2, 0) is 9.53 Å². The van der Waals surface area contributed by atoms with Gasteiger partial charge in [0.15, 0.2) is 6.23 Å². The number of aliphatic hydroxyl groups is 2. The molecule has 13 heteroatoms. The summed E-state index contributed by atoms with van der Waals surface area (Å²) in [6.45, 7) is 2.89. The maximum atomic E-state index is 12.5. The summed E-state index contributed by atoms with van der Waals surface area (Å²) in [6.07, 6.45) is -5.65. The lowest BCUT2D eigenvalue weighted by Gasteiger charge is -2.24. The molecule has 1 amide bonds. The molecule has 1 aliphatic heterocycles. The fourth-order valence-corrected chi connectivity index (χ4v) is 3.95. The number of amides is 1. The Bertz CT molecular complexity index is 1060. The SMILES string of the molecule is CC(C)(C[C@@H]1O[C@H](n2c(=O)nc(N)c3c(C(N)=O)c(Br)[nH]c32)[C@H](O)[C@H]1O)C(=O)O. The minimum absolute atomic E-state index is 0.00225. The smallest absolute Gasteiger partial charge is 0.353 e. The summed E-state index contributed by atoms with van der Waals surface area (Å²) in [5.74, 6) is -2.20. The molecule has 4 atom stereocenters. The van der Waals surface area contributed by atoms with Crippen LogP contribution in [0.5, 0.6) is 0 Å². The molecule has 29 heavy (non-hydrogen) atoms. The average Bonchev–Trinajstić information content (AvgIpc) is 3.07. The van der Waals surface area contributed by atoms with Gasteiger partial charge in [0.2, 0.25) is 0 Å². The number of rotatable bonds is 5. The molecule has 3 heterocycles. The first-order valence-electron chi connectivity index (χ1n) is 8.50. The van der Waals surface area contributed by atoms with Crippen LogP contribution in [0, 0.1) is 5.41 Å². The van der Waals surface area contributed by atoms with Crippen LogP contribution in [0.2, 0.25) is 0 Å². The maximum absolute atomic E-state index is 12.5. The predicted molar refractivity (Wildman–Crippen MR) is 103 cm³/mol. The van der Waals surface area contributed by atoms with Gasteiger partial charge in [-0.15, -0.1) is 0 Å².